The summed E-state index contributed by atoms with van der Waals surface area (Å²) in [7, 11) is -3.88. The standard InChI is InChI=1S/C28H37Cl2N3O5S/c1-4-24(28(35)31-21-11-7-6-8-12-21)32(18-20-15-16-22(29)23(30)17-20)27(34)19-33(39(3,36)37)25-13-9-10-14-26(25)38-5-2/h9-10,13-17,21,24H,4-8,11-12,18-19H2,1-3H3,(H,31,35)/t24-/m1/s1. The molecule has 11 heteroatoms. The predicted octanol–water partition coefficient (Wildman–Crippen LogP) is 5.41. The lowest BCUT2D eigenvalue weighted by molar-refractivity contribution is -0.140. The highest BCUT2D eigenvalue weighted by molar-refractivity contribution is 7.92. The number of halogens is 2. The smallest absolute Gasteiger partial charge is 0.244 e. The molecule has 0 radical (unpaired) electrons. The fraction of sp³-hybridized carbons (Fsp3) is 0.500. The minimum atomic E-state index is -3.88. The molecule has 0 aromatic heterocycles. The van der Waals surface area contributed by atoms with Crippen molar-refractivity contribution in [3.63, 3.8) is 0 Å². The monoisotopic (exact) mass is 597 g/mol. The van der Waals surface area contributed by atoms with E-state index in [2.05, 4.69) is 5.32 Å². The summed E-state index contributed by atoms with van der Waals surface area (Å²) in [5.41, 5.74) is 0.923. The molecule has 1 aliphatic carbocycles. The van der Waals surface area contributed by atoms with E-state index in [1.807, 2.05) is 6.92 Å². The molecule has 2 amide bonds. The third kappa shape index (κ3) is 8.50. The van der Waals surface area contributed by atoms with Crippen LogP contribution in [0.3, 0.4) is 0 Å². The zero-order valence-electron chi connectivity index (χ0n) is 22.7. The number of amides is 2. The van der Waals surface area contributed by atoms with Gasteiger partial charge in [-0.3, -0.25) is 13.9 Å². The van der Waals surface area contributed by atoms with E-state index in [9.17, 15) is 18.0 Å². The van der Waals surface area contributed by atoms with Crippen LogP contribution in [0.25, 0.3) is 0 Å². The zero-order valence-corrected chi connectivity index (χ0v) is 25.0. The topological polar surface area (TPSA) is 96.0 Å². The number of rotatable bonds is 12. The van der Waals surface area contributed by atoms with Gasteiger partial charge in [0.05, 0.1) is 28.6 Å². The number of carbonyl (C=O) groups is 2. The van der Waals surface area contributed by atoms with Crippen molar-refractivity contribution in [1.82, 2.24) is 10.2 Å². The number of ether oxygens (including phenoxy) is 1. The number of carbonyl (C=O) groups excluding carboxylic acids is 2. The van der Waals surface area contributed by atoms with Gasteiger partial charge in [0.2, 0.25) is 21.8 Å². The summed E-state index contributed by atoms with van der Waals surface area (Å²) in [5.74, 6) is -0.432. The van der Waals surface area contributed by atoms with E-state index in [-0.39, 0.29) is 24.2 Å². The minimum absolute atomic E-state index is 0.0526. The molecule has 1 atom stereocenters. The fourth-order valence-electron chi connectivity index (χ4n) is 4.83. The number of para-hydroxylation sites is 2. The molecule has 1 saturated carbocycles. The van der Waals surface area contributed by atoms with Crippen LogP contribution >= 0.6 is 23.2 Å². The molecule has 2 aromatic rings. The van der Waals surface area contributed by atoms with Crippen LogP contribution in [0.5, 0.6) is 5.75 Å². The average molecular weight is 599 g/mol. The molecule has 214 valence electrons. The van der Waals surface area contributed by atoms with Gasteiger partial charge in [0.25, 0.3) is 0 Å². The van der Waals surface area contributed by atoms with Gasteiger partial charge in [-0.2, -0.15) is 0 Å². The van der Waals surface area contributed by atoms with Crippen molar-refractivity contribution >= 4 is 50.7 Å². The predicted molar refractivity (Wildman–Crippen MR) is 156 cm³/mol. The number of nitrogens with zero attached hydrogens (tertiary/aromatic N) is 2. The number of hydrogen-bond donors (Lipinski definition) is 1. The highest BCUT2D eigenvalue weighted by Crippen LogP contribution is 2.30. The molecule has 0 aliphatic heterocycles. The number of hydrogen-bond acceptors (Lipinski definition) is 5. The Labute approximate surface area is 241 Å². The number of benzene rings is 2. The van der Waals surface area contributed by atoms with Gasteiger partial charge in [-0.15, -0.1) is 0 Å². The highest BCUT2D eigenvalue weighted by Gasteiger charge is 2.33. The first-order valence-corrected chi connectivity index (χ1v) is 15.9. The van der Waals surface area contributed by atoms with Crippen LogP contribution < -0.4 is 14.4 Å². The number of anilines is 1. The zero-order chi connectivity index (χ0) is 28.6. The van der Waals surface area contributed by atoms with Crippen molar-refractivity contribution in [2.45, 2.75) is 71.0 Å². The van der Waals surface area contributed by atoms with Crippen LogP contribution in [0.4, 0.5) is 5.69 Å². The molecule has 0 heterocycles. The molecule has 2 aromatic carbocycles. The van der Waals surface area contributed by atoms with Crippen molar-refractivity contribution in [3.8, 4) is 5.75 Å². The molecule has 8 nitrogen and oxygen atoms in total. The van der Waals surface area contributed by atoms with E-state index in [4.69, 9.17) is 27.9 Å². The summed E-state index contributed by atoms with van der Waals surface area (Å²) in [5, 5.41) is 3.82. The van der Waals surface area contributed by atoms with Gasteiger partial charge in [0, 0.05) is 12.6 Å². The Morgan fingerprint density at radius 1 is 1.05 bits per heavy atom. The van der Waals surface area contributed by atoms with Crippen molar-refractivity contribution < 1.29 is 22.7 Å². The molecule has 1 fully saturated rings. The fourth-order valence-corrected chi connectivity index (χ4v) is 6.01. The molecule has 1 aliphatic rings. The Bertz CT molecular complexity index is 1250. The van der Waals surface area contributed by atoms with E-state index < -0.39 is 28.5 Å². The van der Waals surface area contributed by atoms with Crippen LogP contribution in [0.2, 0.25) is 10.0 Å². The van der Waals surface area contributed by atoms with Crippen molar-refractivity contribution in [2.24, 2.45) is 0 Å². The third-order valence-corrected chi connectivity index (χ3v) is 8.65. The first-order chi connectivity index (χ1) is 18.5. The Morgan fingerprint density at radius 2 is 1.74 bits per heavy atom. The van der Waals surface area contributed by atoms with E-state index in [1.54, 1.807) is 49.4 Å². The molecular weight excluding hydrogens is 561 g/mol. The normalized spacial score (nSPS) is 14.9. The maximum atomic E-state index is 13.9. The summed E-state index contributed by atoms with van der Waals surface area (Å²) in [6.07, 6.45) is 6.44. The first-order valence-electron chi connectivity index (χ1n) is 13.3. The molecule has 39 heavy (non-hydrogen) atoms. The number of nitrogens with one attached hydrogen (secondary N) is 1. The first kappa shape index (κ1) is 31.0. The van der Waals surface area contributed by atoms with Crippen LogP contribution in [0.1, 0.15) is 57.9 Å². The van der Waals surface area contributed by atoms with Crippen LogP contribution in [0, 0.1) is 0 Å². The second kappa shape index (κ2) is 14.2. The van der Waals surface area contributed by atoms with Crippen molar-refractivity contribution in [2.75, 3.05) is 23.7 Å². The molecule has 1 N–H and O–H groups in total. The van der Waals surface area contributed by atoms with Gasteiger partial charge in [0.15, 0.2) is 0 Å². The quantitative estimate of drug-likeness (QED) is 0.352. The van der Waals surface area contributed by atoms with Crippen LogP contribution in [-0.2, 0) is 26.2 Å². The summed E-state index contributed by atoms with van der Waals surface area (Å²) in [6.45, 7) is 3.50. The van der Waals surface area contributed by atoms with E-state index in [0.29, 0.717) is 34.4 Å². The summed E-state index contributed by atoms with van der Waals surface area (Å²) in [4.78, 5) is 28.9. The maximum absolute atomic E-state index is 13.9. The summed E-state index contributed by atoms with van der Waals surface area (Å²) < 4.78 is 32.5. The Hall–Kier alpha value is -2.49. The third-order valence-electron chi connectivity index (χ3n) is 6.79. The lowest BCUT2D eigenvalue weighted by Crippen LogP contribution is -2.54. The molecule has 0 unspecified atom stereocenters. The van der Waals surface area contributed by atoms with E-state index in [1.165, 1.54) is 4.90 Å². The van der Waals surface area contributed by atoms with Crippen molar-refractivity contribution in [3.05, 3.63) is 58.1 Å². The summed E-state index contributed by atoms with van der Waals surface area (Å²) >= 11 is 12.3. The molecular formula is C28H37Cl2N3O5S. The van der Waals surface area contributed by atoms with Gasteiger partial charge in [-0.1, -0.05) is 67.6 Å². The average Bonchev–Trinajstić information content (AvgIpc) is 2.89. The highest BCUT2D eigenvalue weighted by atomic mass is 35.5. The SMILES string of the molecule is CCOc1ccccc1N(CC(=O)N(Cc1ccc(Cl)c(Cl)c1)[C@H](CC)C(=O)NC1CCCCC1)S(C)(=O)=O. The largest absolute Gasteiger partial charge is 0.492 e. The Morgan fingerprint density at radius 3 is 2.36 bits per heavy atom. The van der Waals surface area contributed by atoms with Gasteiger partial charge >= 0.3 is 0 Å². The molecule has 3 rings (SSSR count). The van der Waals surface area contributed by atoms with Crippen LogP contribution in [-0.4, -0.2) is 56.6 Å². The van der Waals surface area contributed by atoms with Gasteiger partial charge in [-0.25, -0.2) is 8.42 Å². The second-order valence-electron chi connectivity index (χ2n) is 9.71. The van der Waals surface area contributed by atoms with Gasteiger partial charge in [-0.05, 0) is 56.0 Å². The second-order valence-corrected chi connectivity index (χ2v) is 12.4. The molecule has 0 saturated heterocycles. The molecule has 0 bridgehead atoms. The van der Waals surface area contributed by atoms with Gasteiger partial charge < -0.3 is 15.0 Å². The van der Waals surface area contributed by atoms with Crippen LogP contribution in [0.15, 0.2) is 42.5 Å². The Balaban J connectivity index is 1.96. The van der Waals surface area contributed by atoms with E-state index in [0.717, 1.165) is 42.7 Å². The number of sulfonamides is 1. The lowest BCUT2D eigenvalue weighted by atomic mass is 9.95. The van der Waals surface area contributed by atoms with E-state index >= 15 is 0 Å². The Kier molecular flexibility index (Phi) is 11.3. The maximum Gasteiger partial charge on any atom is 0.244 e. The van der Waals surface area contributed by atoms with Gasteiger partial charge in [0.1, 0.15) is 18.3 Å². The molecule has 0 spiro atoms. The summed E-state index contributed by atoms with van der Waals surface area (Å²) in [6, 6.07) is 10.9. The minimum Gasteiger partial charge on any atom is -0.492 e. The lowest BCUT2D eigenvalue weighted by Gasteiger charge is -2.34. The van der Waals surface area contributed by atoms with Crippen molar-refractivity contribution in [1.29, 1.82) is 0 Å².